The summed E-state index contributed by atoms with van der Waals surface area (Å²) in [7, 11) is 0. The minimum Gasteiger partial charge on any atom is -0.379 e. The van der Waals surface area contributed by atoms with Crippen LogP contribution in [0.2, 0.25) is 0 Å². The fraction of sp³-hybridized carbons (Fsp3) is 0.722. The molecule has 2 aliphatic rings. The van der Waals surface area contributed by atoms with Crippen LogP contribution in [0.25, 0.3) is 0 Å². The van der Waals surface area contributed by atoms with Crippen LogP contribution in [0.15, 0.2) is 12.4 Å². The fourth-order valence-corrected chi connectivity index (χ4v) is 3.38. The van der Waals surface area contributed by atoms with Crippen LogP contribution in [-0.2, 0) is 16.0 Å². The molecule has 0 radical (unpaired) electrons. The molecule has 0 saturated carbocycles. The molecule has 3 heterocycles. The minimum absolute atomic E-state index is 0.164. The van der Waals surface area contributed by atoms with Gasteiger partial charge in [-0.25, -0.2) is 9.97 Å². The van der Waals surface area contributed by atoms with Gasteiger partial charge < -0.3 is 15.0 Å². The number of amides is 1. The van der Waals surface area contributed by atoms with Gasteiger partial charge in [-0.1, -0.05) is 20.8 Å². The molecule has 0 aromatic carbocycles. The maximum Gasteiger partial charge on any atom is 0.231 e. The molecule has 0 unspecified atom stereocenters. The van der Waals surface area contributed by atoms with Gasteiger partial charge >= 0.3 is 0 Å². The molecule has 2 saturated heterocycles. The zero-order chi connectivity index (χ0) is 17.2. The maximum absolute atomic E-state index is 12.7. The number of ether oxygens (including phenoxy) is 1. The van der Waals surface area contributed by atoms with Crippen molar-refractivity contribution < 1.29 is 9.53 Å². The largest absolute Gasteiger partial charge is 0.379 e. The van der Waals surface area contributed by atoms with Crippen LogP contribution in [0, 0.1) is 11.3 Å². The van der Waals surface area contributed by atoms with Crippen LogP contribution < -0.4 is 10.2 Å². The molecule has 0 bridgehead atoms. The molecule has 1 aromatic heterocycles. The minimum atomic E-state index is -0.320. The molecule has 24 heavy (non-hydrogen) atoms. The highest BCUT2D eigenvalue weighted by atomic mass is 16.5. The van der Waals surface area contributed by atoms with E-state index in [0.29, 0.717) is 19.1 Å². The lowest BCUT2D eigenvalue weighted by molar-refractivity contribution is -0.172. The lowest BCUT2D eigenvalue weighted by Crippen LogP contribution is -2.59. The van der Waals surface area contributed by atoms with E-state index in [1.54, 1.807) is 6.33 Å². The number of carbonyl (C=O) groups is 1. The molecule has 0 atom stereocenters. The Labute approximate surface area is 144 Å². The van der Waals surface area contributed by atoms with Gasteiger partial charge in [-0.3, -0.25) is 4.79 Å². The van der Waals surface area contributed by atoms with E-state index in [1.807, 2.05) is 0 Å². The van der Waals surface area contributed by atoms with Crippen molar-refractivity contribution in [3.05, 3.63) is 18.1 Å². The summed E-state index contributed by atoms with van der Waals surface area (Å²) in [5, 5.41) is 3.26. The van der Waals surface area contributed by atoms with Crippen molar-refractivity contribution in [2.75, 3.05) is 31.2 Å². The quantitative estimate of drug-likeness (QED) is 0.890. The molecular formula is C18H28N4O2. The first-order chi connectivity index (χ1) is 11.5. The van der Waals surface area contributed by atoms with Crippen molar-refractivity contribution in [3.8, 4) is 0 Å². The number of piperidine rings is 1. The molecule has 1 amide bonds. The summed E-state index contributed by atoms with van der Waals surface area (Å²) >= 11 is 0. The first-order valence-electron chi connectivity index (χ1n) is 8.99. The Morgan fingerprint density at radius 3 is 2.62 bits per heavy atom. The van der Waals surface area contributed by atoms with Crippen molar-refractivity contribution >= 4 is 11.7 Å². The van der Waals surface area contributed by atoms with E-state index in [2.05, 4.69) is 47.0 Å². The Bertz CT molecular complexity index is 578. The zero-order valence-corrected chi connectivity index (χ0v) is 14.9. The van der Waals surface area contributed by atoms with Crippen LogP contribution >= 0.6 is 0 Å². The molecule has 3 rings (SSSR count). The van der Waals surface area contributed by atoms with Crippen LogP contribution in [0.1, 0.15) is 39.3 Å². The predicted octanol–water partition coefficient (Wildman–Crippen LogP) is 1.80. The Morgan fingerprint density at radius 1 is 1.38 bits per heavy atom. The highest BCUT2D eigenvalue weighted by Gasteiger charge is 2.48. The van der Waals surface area contributed by atoms with Crippen molar-refractivity contribution in [1.29, 1.82) is 0 Å². The average Bonchev–Trinajstić information content (AvgIpc) is 2.54. The molecular weight excluding hydrogens is 304 g/mol. The third kappa shape index (κ3) is 3.24. The van der Waals surface area contributed by atoms with Gasteiger partial charge in [0.15, 0.2) is 0 Å². The molecule has 0 aliphatic carbocycles. The zero-order valence-electron chi connectivity index (χ0n) is 14.9. The van der Waals surface area contributed by atoms with Crippen LogP contribution in [-0.4, -0.2) is 48.2 Å². The second-order valence-corrected chi connectivity index (χ2v) is 7.26. The van der Waals surface area contributed by atoms with Gasteiger partial charge in [-0.2, -0.15) is 0 Å². The number of rotatable bonds is 5. The van der Waals surface area contributed by atoms with Crippen LogP contribution in [0.4, 0.5) is 5.82 Å². The third-order valence-electron chi connectivity index (χ3n) is 5.50. The predicted molar refractivity (Wildman–Crippen MR) is 92.9 cm³/mol. The number of nitrogens with one attached hydrogen (secondary N) is 1. The topological polar surface area (TPSA) is 67.4 Å². The third-order valence-corrected chi connectivity index (χ3v) is 5.50. The summed E-state index contributed by atoms with van der Waals surface area (Å²) < 4.78 is 5.32. The number of anilines is 1. The summed E-state index contributed by atoms with van der Waals surface area (Å²) in [6.07, 6.45) is 4.46. The molecule has 132 valence electrons. The molecule has 2 fully saturated rings. The summed E-state index contributed by atoms with van der Waals surface area (Å²) in [6.45, 7) is 9.23. The van der Waals surface area contributed by atoms with E-state index in [4.69, 9.17) is 4.74 Å². The smallest absolute Gasteiger partial charge is 0.231 e. The van der Waals surface area contributed by atoms with Crippen molar-refractivity contribution in [2.24, 2.45) is 11.3 Å². The normalized spacial score (nSPS) is 20.8. The number of aromatic nitrogens is 2. The second-order valence-electron chi connectivity index (χ2n) is 7.26. The SMILES string of the molecule is CCc1cc(N2CCC(NC(=O)C3(C(C)C)COC3)CC2)ncn1. The number of aryl methyl sites for hydroxylation is 1. The van der Waals surface area contributed by atoms with Gasteiger partial charge in [0.2, 0.25) is 5.91 Å². The van der Waals surface area contributed by atoms with E-state index in [1.165, 1.54) is 0 Å². The van der Waals surface area contributed by atoms with Crippen molar-refractivity contribution in [1.82, 2.24) is 15.3 Å². The Morgan fingerprint density at radius 2 is 2.08 bits per heavy atom. The summed E-state index contributed by atoms with van der Waals surface area (Å²) in [6, 6.07) is 2.32. The van der Waals surface area contributed by atoms with E-state index >= 15 is 0 Å². The Balaban J connectivity index is 1.54. The Kier molecular flexibility index (Phi) is 5.04. The molecule has 0 spiro atoms. The number of hydrogen-bond donors (Lipinski definition) is 1. The molecule has 6 nitrogen and oxygen atoms in total. The monoisotopic (exact) mass is 332 g/mol. The highest BCUT2D eigenvalue weighted by molar-refractivity contribution is 5.84. The standard InChI is InChI=1S/C18H28N4O2/c1-4-14-9-16(20-12-19-14)22-7-5-15(6-8-22)21-17(23)18(13(2)3)10-24-11-18/h9,12-13,15H,4-8,10-11H2,1-3H3,(H,21,23). The summed E-state index contributed by atoms with van der Waals surface area (Å²) in [5.41, 5.74) is 0.749. The first kappa shape index (κ1) is 17.1. The van der Waals surface area contributed by atoms with E-state index in [9.17, 15) is 4.79 Å². The van der Waals surface area contributed by atoms with Gasteiger partial charge in [0.25, 0.3) is 0 Å². The molecule has 6 heteroatoms. The lowest BCUT2D eigenvalue weighted by Gasteiger charge is -2.44. The lowest BCUT2D eigenvalue weighted by atomic mass is 9.74. The molecule has 1 aromatic rings. The number of carbonyl (C=O) groups excluding carboxylic acids is 1. The fourth-order valence-electron chi connectivity index (χ4n) is 3.38. The molecule has 1 N–H and O–H groups in total. The van der Waals surface area contributed by atoms with Gasteiger partial charge in [-0.05, 0) is 25.2 Å². The van der Waals surface area contributed by atoms with Gasteiger partial charge in [-0.15, -0.1) is 0 Å². The van der Waals surface area contributed by atoms with E-state index in [-0.39, 0.29) is 17.4 Å². The molecule has 2 aliphatic heterocycles. The van der Waals surface area contributed by atoms with Crippen LogP contribution in [0.5, 0.6) is 0 Å². The van der Waals surface area contributed by atoms with E-state index < -0.39 is 0 Å². The van der Waals surface area contributed by atoms with Gasteiger partial charge in [0, 0.05) is 30.9 Å². The Hall–Kier alpha value is -1.69. The van der Waals surface area contributed by atoms with Crippen LogP contribution in [0.3, 0.4) is 0 Å². The van der Waals surface area contributed by atoms with Crippen molar-refractivity contribution in [3.63, 3.8) is 0 Å². The number of nitrogens with zero attached hydrogens (tertiary/aromatic N) is 3. The second kappa shape index (κ2) is 7.05. The van der Waals surface area contributed by atoms with Gasteiger partial charge in [0.05, 0.1) is 18.6 Å². The van der Waals surface area contributed by atoms with Gasteiger partial charge in [0.1, 0.15) is 12.1 Å². The number of hydrogen-bond acceptors (Lipinski definition) is 5. The average molecular weight is 332 g/mol. The first-order valence-corrected chi connectivity index (χ1v) is 8.99. The summed E-state index contributed by atoms with van der Waals surface area (Å²) in [5.74, 6) is 1.47. The summed E-state index contributed by atoms with van der Waals surface area (Å²) in [4.78, 5) is 23.6. The van der Waals surface area contributed by atoms with Crippen molar-refractivity contribution in [2.45, 2.75) is 46.1 Å². The highest BCUT2D eigenvalue weighted by Crippen LogP contribution is 2.36. The maximum atomic E-state index is 12.7. The van der Waals surface area contributed by atoms with E-state index in [0.717, 1.165) is 43.9 Å².